The topological polar surface area (TPSA) is 215 Å². The molecule has 2 saturated heterocycles. The molecule has 0 aliphatic carbocycles. The van der Waals surface area contributed by atoms with E-state index in [9.17, 15) is 13.9 Å². The lowest BCUT2D eigenvalue weighted by Crippen LogP contribution is -2.52. The molecule has 0 bridgehead atoms. The van der Waals surface area contributed by atoms with E-state index in [1.165, 1.54) is 28.6 Å². The van der Waals surface area contributed by atoms with Gasteiger partial charge in [0.1, 0.15) is 23.9 Å². The highest BCUT2D eigenvalue weighted by Gasteiger charge is 2.44. The molecule has 5 heterocycles. The Morgan fingerprint density at radius 1 is 0.938 bits per heavy atom. The highest BCUT2D eigenvalue weighted by Crippen LogP contribution is 2.55. The van der Waals surface area contributed by atoms with Gasteiger partial charge >= 0.3 is 13.4 Å². The molecule has 6 unspecified atom stereocenters. The van der Waals surface area contributed by atoms with Crippen molar-refractivity contribution in [2.45, 2.75) is 44.6 Å². The predicted octanol–water partition coefficient (Wildman–Crippen LogP) is 1.14. The smallest absolute Gasteiger partial charge is 0.351 e. The summed E-state index contributed by atoms with van der Waals surface area (Å²) in [6, 6.07) is 1.68. The molecular weight excluding hydrogens is 666 g/mol. The number of ether oxygens (including phenoxy) is 2. The molecule has 2 fully saturated rings. The van der Waals surface area contributed by atoms with E-state index >= 15 is 0 Å². The van der Waals surface area contributed by atoms with Gasteiger partial charge in [0.2, 0.25) is 0 Å². The van der Waals surface area contributed by atoms with Gasteiger partial charge < -0.3 is 30.0 Å². The maximum absolute atomic E-state index is 14.9. The van der Waals surface area contributed by atoms with E-state index in [-0.39, 0.29) is 44.0 Å². The van der Waals surface area contributed by atoms with Crippen molar-refractivity contribution in [2.75, 3.05) is 85.7 Å². The molecule has 48 heavy (non-hydrogen) atoms. The quantitative estimate of drug-likeness (QED) is 0.252. The Balaban J connectivity index is 1.41. The Kier molecular flexibility index (Phi) is 11.1. The van der Waals surface area contributed by atoms with Crippen molar-refractivity contribution in [1.29, 1.82) is 0 Å². The van der Waals surface area contributed by atoms with Crippen LogP contribution in [0.5, 0.6) is 0 Å². The highest BCUT2D eigenvalue weighted by molar-refractivity contribution is 7.55. The first kappa shape index (κ1) is 36.5. The number of hydrogen-bond donors (Lipinski definition) is 2. The zero-order valence-corrected chi connectivity index (χ0v) is 30.1. The van der Waals surface area contributed by atoms with Gasteiger partial charge in [-0.15, -0.1) is 0 Å². The summed E-state index contributed by atoms with van der Waals surface area (Å²) in [5.74, 6) is 0.333. The first-order valence-corrected chi connectivity index (χ1v) is 19.0. The fourth-order valence-corrected chi connectivity index (χ4v) is 8.12. The summed E-state index contributed by atoms with van der Waals surface area (Å²) in [5.41, 5.74) is 12.1. The molecule has 4 N–H and O–H groups in total. The van der Waals surface area contributed by atoms with Crippen molar-refractivity contribution in [3.8, 4) is 0 Å². The number of morpholine rings is 2. The lowest BCUT2D eigenvalue weighted by atomic mass is 10.2. The van der Waals surface area contributed by atoms with Crippen LogP contribution >= 0.6 is 15.2 Å². The number of anilines is 2. The third kappa shape index (κ3) is 7.81. The van der Waals surface area contributed by atoms with Crippen LogP contribution in [0.25, 0.3) is 11.2 Å². The van der Waals surface area contributed by atoms with Crippen molar-refractivity contribution < 1.29 is 27.7 Å². The van der Waals surface area contributed by atoms with Crippen LogP contribution in [0.4, 0.5) is 11.6 Å². The van der Waals surface area contributed by atoms with Crippen LogP contribution in [0.3, 0.4) is 0 Å². The molecular formula is C27H46N12O7P2. The van der Waals surface area contributed by atoms with Crippen molar-refractivity contribution in [1.82, 2.24) is 48.0 Å². The van der Waals surface area contributed by atoms with Crippen LogP contribution in [-0.2, 0) is 27.7 Å². The molecule has 2 aliphatic heterocycles. The first-order valence-electron chi connectivity index (χ1n) is 15.5. The van der Waals surface area contributed by atoms with Crippen molar-refractivity contribution in [2.24, 2.45) is 0 Å². The third-order valence-corrected chi connectivity index (χ3v) is 13.0. The molecule has 3 aromatic rings. The van der Waals surface area contributed by atoms with Gasteiger partial charge in [-0.25, -0.2) is 33.8 Å². The number of imidazole rings is 1. The maximum atomic E-state index is 14.9. The average molecular weight is 713 g/mol. The summed E-state index contributed by atoms with van der Waals surface area (Å²) < 4.78 is 60.7. The first-order chi connectivity index (χ1) is 22.6. The molecule has 2 aliphatic rings. The zero-order valence-electron chi connectivity index (χ0n) is 28.3. The zero-order chi connectivity index (χ0) is 35.0. The predicted molar refractivity (Wildman–Crippen MR) is 179 cm³/mol. The van der Waals surface area contributed by atoms with Crippen LogP contribution in [0.2, 0.25) is 0 Å². The fraction of sp³-hybridized carbons (Fsp3) is 0.667. The molecule has 0 saturated carbocycles. The van der Waals surface area contributed by atoms with E-state index < -0.39 is 45.5 Å². The molecule has 0 spiro atoms. The van der Waals surface area contributed by atoms with Crippen LogP contribution in [0.15, 0.2) is 29.7 Å². The SMILES string of the molecule is CC(C)N1CC(COP(=O)(N(C)C)N2CC(COP(C)(=O)N(C)C)OC(n3cnc4c(N)ncnc43)C2)OC(n2ccc(N)nc2=O)C1. The lowest BCUT2D eigenvalue weighted by Gasteiger charge is -2.44. The summed E-state index contributed by atoms with van der Waals surface area (Å²) in [7, 11) is -0.164. The summed E-state index contributed by atoms with van der Waals surface area (Å²) >= 11 is 0. The number of nitrogens with zero attached hydrogens (tertiary/aromatic N) is 10. The highest BCUT2D eigenvalue weighted by atomic mass is 31.2. The van der Waals surface area contributed by atoms with Crippen LogP contribution in [0, 0.1) is 0 Å². The van der Waals surface area contributed by atoms with E-state index in [1.54, 1.807) is 54.4 Å². The minimum absolute atomic E-state index is 0.0436. The third-order valence-electron chi connectivity index (χ3n) is 8.42. The number of hydrogen-bond acceptors (Lipinski definition) is 14. The Morgan fingerprint density at radius 2 is 1.60 bits per heavy atom. The van der Waals surface area contributed by atoms with E-state index in [2.05, 4.69) is 38.7 Å². The molecule has 3 aromatic heterocycles. The van der Waals surface area contributed by atoms with Crippen molar-refractivity contribution in [3.63, 3.8) is 0 Å². The summed E-state index contributed by atoms with van der Waals surface area (Å²) in [6.45, 7) is 6.73. The second-order valence-corrected chi connectivity index (χ2v) is 17.8. The van der Waals surface area contributed by atoms with Gasteiger partial charge in [0.15, 0.2) is 17.7 Å². The van der Waals surface area contributed by atoms with Crippen LogP contribution in [-0.4, -0.2) is 140 Å². The van der Waals surface area contributed by atoms with Gasteiger partial charge in [0, 0.05) is 38.5 Å². The van der Waals surface area contributed by atoms with Gasteiger partial charge in [0.05, 0.1) is 38.3 Å². The van der Waals surface area contributed by atoms with Crippen LogP contribution < -0.4 is 17.2 Å². The van der Waals surface area contributed by atoms with Gasteiger partial charge in [-0.05, 0) is 48.1 Å². The Morgan fingerprint density at radius 3 is 2.25 bits per heavy atom. The molecule has 6 atom stereocenters. The van der Waals surface area contributed by atoms with E-state index in [1.807, 2.05) is 0 Å². The average Bonchev–Trinajstić information content (AvgIpc) is 3.48. The number of aromatic nitrogens is 6. The molecule has 0 radical (unpaired) electrons. The number of nitrogens with two attached hydrogens (primary N) is 2. The molecule has 0 aromatic carbocycles. The molecule has 0 amide bonds. The van der Waals surface area contributed by atoms with Gasteiger partial charge in [-0.1, -0.05) is 0 Å². The van der Waals surface area contributed by atoms with Gasteiger partial charge in [0.25, 0.3) is 7.52 Å². The molecule has 19 nitrogen and oxygen atoms in total. The second kappa shape index (κ2) is 14.6. The van der Waals surface area contributed by atoms with Gasteiger partial charge in [-0.3, -0.25) is 23.2 Å². The van der Waals surface area contributed by atoms with Gasteiger partial charge in [-0.2, -0.15) is 4.98 Å². The molecule has 266 valence electrons. The summed E-state index contributed by atoms with van der Waals surface area (Å²) in [6.07, 6.45) is 1.83. The molecule has 5 rings (SSSR count). The summed E-state index contributed by atoms with van der Waals surface area (Å²) in [5, 5.41) is 0. The summed E-state index contributed by atoms with van der Waals surface area (Å²) in [4.78, 5) is 31.4. The Labute approximate surface area is 279 Å². The Bertz CT molecular complexity index is 1740. The standard InChI is InChI=1S/C27H46N12O7P2/c1-18(2)36-10-19(45-22(12-36)38-9-8-21(28)33-27(38)40)15-44-48(42,35(5)6)37-11-20(14-43-47(7,41)34(3)4)46-23(13-37)39-17-32-24-25(29)30-16-31-26(24)39/h8-9,16-20,22-23H,10-15H2,1-7H3,(H2,28,33,40)(H2,29,30,31). The monoisotopic (exact) mass is 712 g/mol. The lowest BCUT2D eigenvalue weighted by molar-refractivity contribution is -0.142. The van der Waals surface area contributed by atoms with E-state index in [0.29, 0.717) is 24.3 Å². The van der Waals surface area contributed by atoms with Crippen molar-refractivity contribution in [3.05, 3.63) is 35.4 Å². The Hall–Kier alpha value is -2.83. The van der Waals surface area contributed by atoms with Crippen molar-refractivity contribution >= 4 is 38.0 Å². The number of rotatable bonds is 12. The normalized spacial score (nSPS) is 25.5. The number of nitrogen functional groups attached to an aromatic ring is 2. The minimum Gasteiger partial charge on any atom is -0.383 e. The van der Waals surface area contributed by atoms with Crippen LogP contribution in [0.1, 0.15) is 26.3 Å². The van der Waals surface area contributed by atoms with E-state index in [4.69, 9.17) is 30.0 Å². The maximum Gasteiger partial charge on any atom is 0.351 e. The minimum atomic E-state index is -3.75. The fourth-order valence-electron chi connectivity index (χ4n) is 5.46. The largest absolute Gasteiger partial charge is 0.383 e. The second-order valence-electron chi connectivity index (χ2n) is 12.5. The molecule has 21 heteroatoms. The van der Waals surface area contributed by atoms with E-state index in [0.717, 1.165) is 0 Å². The number of fused-ring (bicyclic) bond motifs is 1.